The Balaban J connectivity index is 1.70. The Morgan fingerprint density at radius 3 is 2.50 bits per heavy atom. The molecule has 4 nitrogen and oxygen atoms in total. The normalized spacial score (nSPS) is 22.0. The topological polar surface area (TPSA) is 39.7 Å². The molecule has 0 spiro atoms. The Bertz CT molecular complexity index is 291. The van der Waals surface area contributed by atoms with Gasteiger partial charge in [-0.1, -0.05) is 19.8 Å². The maximum atomic E-state index is 4.72. The van der Waals surface area contributed by atoms with E-state index in [4.69, 9.17) is 4.99 Å². The van der Waals surface area contributed by atoms with Crippen LogP contribution >= 0.6 is 0 Å². The Morgan fingerprint density at radius 1 is 1.15 bits per heavy atom. The summed E-state index contributed by atoms with van der Waals surface area (Å²) in [7, 11) is 0. The van der Waals surface area contributed by atoms with Gasteiger partial charge in [0.05, 0.1) is 0 Å². The SMILES string of the molecule is CCCN1CCC(NC(=NCCC2CC2)NCC)CC1. The first-order chi connectivity index (χ1) is 9.81. The number of hydrogen-bond acceptors (Lipinski definition) is 2. The van der Waals surface area contributed by atoms with Crippen LogP contribution in [0.5, 0.6) is 0 Å². The minimum Gasteiger partial charge on any atom is -0.357 e. The molecule has 0 bridgehead atoms. The van der Waals surface area contributed by atoms with Gasteiger partial charge >= 0.3 is 0 Å². The zero-order valence-electron chi connectivity index (χ0n) is 13.3. The molecule has 0 aromatic rings. The average molecular weight is 280 g/mol. The molecule has 1 heterocycles. The number of nitrogens with zero attached hydrogens (tertiary/aromatic N) is 2. The van der Waals surface area contributed by atoms with Crippen LogP contribution in [0.25, 0.3) is 0 Å². The molecule has 0 unspecified atom stereocenters. The zero-order chi connectivity index (χ0) is 14.2. The Labute approximate surface area is 124 Å². The summed E-state index contributed by atoms with van der Waals surface area (Å²) in [6.45, 7) is 10.0. The lowest BCUT2D eigenvalue weighted by Gasteiger charge is -2.32. The van der Waals surface area contributed by atoms with Crippen molar-refractivity contribution in [2.45, 2.75) is 58.4 Å². The van der Waals surface area contributed by atoms with E-state index in [1.54, 1.807) is 0 Å². The molecule has 2 N–H and O–H groups in total. The fraction of sp³-hybridized carbons (Fsp3) is 0.938. The molecular weight excluding hydrogens is 248 g/mol. The van der Waals surface area contributed by atoms with Gasteiger partial charge in [-0.15, -0.1) is 0 Å². The first kappa shape index (κ1) is 15.6. The van der Waals surface area contributed by atoms with Crippen LogP contribution in [0.1, 0.15) is 52.4 Å². The standard InChI is InChI=1S/C16H32N4/c1-3-11-20-12-8-15(9-13-20)19-16(17-4-2)18-10-7-14-5-6-14/h14-15H,3-13H2,1-2H3,(H2,17,18,19). The summed E-state index contributed by atoms with van der Waals surface area (Å²) in [5.41, 5.74) is 0. The molecule has 1 aliphatic heterocycles. The molecule has 2 rings (SSSR count). The quantitative estimate of drug-likeness (QED) is 0.555. The predicted molar refractivity (Wildman–Crippen MR) is 86.2 cm³/mol. The van der Waals surface area contributed by atoms with Gasteiger partial charge in [0.25, 0.3) is 0 Å². The maximum Gasteiger partial charge on any atom is 0.191 e. The van der Waals surface area contributed by atoms with Crippen LogP contribution in [0.15, 0.2) is 4.99 Å². The molecule has 2 aliphatic rings. The van der Waals surface area contributed by atoms with E-state index in [-0.39, 0.29) is 0 Å². The molecule has 20 heavy (non-hydrogen) atoms. The largest absolute Gasteiger partial charge is 0.357 e. The summed E-state index contributed by atoms with van der Waals surface area (Å²) in [6, 6.07) is 0.599. The molecule has 0 atom stereocenters. The number of rotatable bonds is 7. The highest BCUT2D eigenvalue weighted by Crippen LogP contribution is 2.32. The summed E-state index contributed by atoms with van der Waals surface area (Å²) >= 11 is 0. The van der Waals surface area contributed by atoms with E-state index in [2.05, 4.69) is 29.4 Å². The van der Waals surface area contributed by atoms with Crippen LogP contribution < -0.4 is 10.6 Å². The fourth-order valence-corrected chi connectivity index (χ4v) is 2.90. The minimum absolute atomic E-state index is 0.599. The third-order valence-corrected chi connectivity index (χ3v) is 4.32. The lowest BCUT2D eigenvalue weighted by Crippen LogP contribution is -2.48. The van der Waals surface area contributed by atoms with Crippen molar-refractivity contribution < 1.29 is 0 Å². The molecule has 2 fully saturated rings. The molecule has 0 aromatic heterocycles. The van der Waals surface area contributed by atoms with E-state index in [0.717, 1.165) is 25.0 Å². The monoisotopic (exact) mass is 280 g/mol. The van der Waals surface area contributed by atoms with Crippen molar-refractivity contribution in [1.82, 2.24) is 15.5 Å². The summed E-state index contributed by atoms with van der Waals surface area (Å²) in [5.74, 6) is 2.00. The molecule has 1 aliphatic carbocycles. The average Bonchev–Trinajstić information content (AvgIpc) is 3.26. The highest BCUT2D eigenvalue weighted by molar-refractivity contribution is 5.80. The predicted octanol–water partition coefficient (Wildman–Crippen LogP) is 2.22. The van der Waals surface area contributed by atoms with Gasteiger partial charge < -0.3 is 15.5 Å². The second kappa shape index (κ2) is 8.50. The van der Waals surface area contributed by atoms with Gasteiger partial charge in [0, 0.05) is 32.2 Å². The van der Waals surface area contributed by atoms with Crippen LogP contribution in [-0.2, 0) is 0 Å². The summed E-state index contributed by atoms with van der Waals surface area (Å²) < 4.78 is 0. The first-order valence-corrected chi connectivity index (χ1v) is 8.59. The van der Waals surface area contributed by atoms with E-state index in [1.807, 2.05) is 0 Å². The third kappa shape index (κ3) is 5.70. The van der Waals surface area contributed by atoms with Gasteiger partial charge in [-0.25, -0.2) is 0 Å². The molecule has 4 heteroatoms. The number of aliphatic imine (C=N–C) groups is 1. The van der Waals surface area contributed by atoms with Gasteiger partial charge in [-0.2, -0.15) is 0 Å². The molecule has 1 saturated carbocycles. The summed E-state index contributed by atoms with van der Waals surface area (Å²) in [4.78, 5) is 7.30. The van der Waals surface area contributed by atoms with Gasteiger partial charge in [0.15, 0.2) is 5.96 Å². The van der Waals surface area contributed by atoms with Gasteiger partial charge in [-0.3, -0.25) is 4.99 Å². The van der Waals surface area contributed by atoms with Crippen molar-refractivity contribution in [2.24, 2.45) is 10.9 Å². The molecule has 0 radical (unpaired) electrons. The van der Waals surface area contributed by atoms with Crippen LogP contribution in [0.3, 0.4) is 0 Å². The van der Waals surface area contributed by atoms with E-state index in [9.17, 15) is 0 Å². The first-order valence-electron chi connectivity index (χ1n) is 8.59. The summed E-state index contributed by atoms with van der Waals surface area (Å²) in [5, 5.41) is 7.01. The van der Waals surface area contributed by atoms with Crippen LogP contribution in [-0.4, -0.2) is 49.6 Å². The van der Waals surface area contributed by atoms with E-state index >= 15 is 0 Å². The highest BCUT2D eigenvalue weighted by Gasteiger charge is 2.21. The van der Waals surface area contributed by atoms with Crippen molar-refractivity contribution in [3.63, 3.8) is 0 Å². The smallest absolute Gasteiger partial charge is 0.191 e. The van der Waals surface area contributed by atoms with Crippen molar-refractivity contribution in [3.05, 3.63) is 0 Å². The van der Waals surface area contributed by atoms with Crippen LogP contribution in [0.2, 0.25) is 0 Å². The second-order valence-electron chi connectivity index (χ2n) is 6.25. The van der Waals surface area contributed by atoms with Crippen LogP contribution in [0.4, 0.5) is 0 Å². The lowest BCUT2D eigenvalue weighted by atomic mass is 10.1. The molecular formula is C16H32N4. The van der Waals surface area contributed by atoms with Crippen molar-refractivity contribution in [2.75, 3.05) is 32.7 Å². The fourth-order valence-electron chi connectivity index (χ4n) is 2.90. The molecule has 0 aromatic carbocycles. The molecule has 116 valence electrons. The van der Waals surface area contributed by atoms with Gasteiger partial charge in [0.1, 0.15) is 0 Å². The second-order valence-corrected chi connectivity index (χ2v) is 6.25. The van der Waals surface area contributed by atoms with E-state index in [0.29, 0.717) is 6.04 Å². The van der Waals surface area contributed by atoms with Gasteiger partial charge in [0.2, 0.25) is 0 Å². The van der Waals surface area contributed by atoms with Gasteiger partial charge in [-0.05, 0) is 45.1 Å². The number of guanidine groups is 1. The van der Waals surface area contributed by atoms with E-state index in [1.165, 1.54) is 58.2 Å². The highest BCUT2D eigenvalue weighted by atomic mass is 15.2. The van der Waals surface area contributed by atoms with E-state index < -0.39 is 0 Å². The third-order valence-electron chi connectivity index (χ3n) is 4.32. The Morgan fingerprint density at radius 2 is 1.90 bits per heavy atom. The van der Waals surface area contributed by atoms with Crippen molar-refractivity contribution in [3.8, 4) is 0 Å². The summed E-state index contributed by atoms with van der Waals surface area (Å²) in [6.07, 6.45) is 7.87. The minimum atomic E-state index is 0.599. The maximum absolute atomic E-state index is 4.72. The van der Waals surface area contributed by atoms with Crippen molar-refractivity contribution >= 4 is 5.96 Å². The number of nitrogens with one attached hydrogen (secondary N) is 2. The van der Waals surface area contributed by atoms with Crippen LogP contribution in [0, 0.1) is 5.92 Å². The molecule has 1 saturated heterocycles. The number of piperidine rings is 1. The Kier molecular flexibility index (Phi) is 6.64. The lowest BCUT2D eigenvalue weighted by molar-refractivity contribution is 0.206. The van der Waals surface area contributed by atoms with Crippen molar-refractivity contribution in [1.29, 1.82) is 0 Å². The number of likely N-dealkylation sites (tertiary alicyclic amines) is 1. The zero-order valence-corrected chi connectivity index (χ0v) is 13.3. The Hall–Kier alpha value is -0.770. The molecule has 0 amide bonds. The number of hydrogen-bond donors (Lipinski definition) is 2.